The zero-order chi connectivity index (χ0) is 22.8. The van der Waals surface area contributed by atoms with Crippen molar-refractivity contribution >= 4 is 11.4 Å². The molecular formula is C28H38N2O3. The molecule has 2 fully saturated rings. The van der Waals surface area contributed by atoms with Crippen LogP contribution >= 0.6 is 0 Å². The zero-order valence-corrected chi connectivity index (χ0v) is 20.4. The third-order valence-electron chi connectivity index (χ3n) is 7.37. The van der Waals surface area contributed by atoms with E-state index in [0.29, 0.717) is 12.6 Å². The Morgan fingerprint density at radius 3 is 2.45 bits per heavy atom. The van der Waals surface area contributed by atoms with E-state index in [-0.39, 0.29) is 12.2 Å². The lowest BCUT2D eigenvalue weighted by molar-refractivity contribution is -0.0365. The predicted molar refractivity (Wildman–Crippen MR) is 133 cm³/mol. The summed E-state index contributed by atoms with van der Waals surface area (Å²) in [6.45, 7) is 8.69. The number of benzene rings is 2. The minimum absolute atomic E-state index is 0.260. The Morgan fingerprint density at radius 1 is 0.939 bits per heavy atom. The summed E-state index contributed by atoms with van der Waals surface area (Å²) < 4.78 is 18.2. The molecule has 0 bridgehead atoms. The maximum absolute atomic E-state index is 6.32. The van der Waals surface area contributed by atoms with Gasteiger partial charge < -0.3 is 24.0 Å². The van der Waals surface area contributed by atoms with Gasteiger partial charge in [0.05, 0.1) is 25.9 Å². The van der Waals surface area contributed by atoms with Crippen molar-refractivity contribution in [2.45, 2.75) is 70.6 Å². The molecule has 3 aliphatic rings. The van der Waals surface area contributed by atoms with E-state index in [0.717, 1.165) is 43.7 Å². The van der Waals surface area contributed by atoms with Crippen molar-refractivity contribution in [3.8, 4) is 11.5 Å². The Morgan fingerprint density at radius 2 is 1.70 bits per heavy atom. The summed E-state index contributed by atoms with van der Waals surface area (Å²) in [5.74, 6) is 1.69. The highest BCUT2D eigenvalue weighted by molar-refractivity contribution is 5.77. The molecule has 178 valence electrons. The molecule has 2 aromatic rings. The maximum atomic E-state index is 6.32. The molecule has 2 unspecified atom stereocenters. The van der Waals surface area contributed by atoms with Crippen molar-refractivity contribution in [3.63, 3.8) is 0 Å². The average molecular weight is 451 g/mol. The molecule has 0 aromatic heterocycles. The van der Waals surface area contributed by atoms with Crippen LogP contribution in [0.3, 0.4) is 0 Å². The minimum Gasteiger partial charge on any atom is -0.493 e. The van der Waals surface area contributed by atoms with Gasteiger partial charge in [-0.2, -0.15) is 0 Å². The molecule has 5 nitrogen and oxygen atoms in total. The highest BCUT2D eigenvalue weighted by atomic mass is 16.5. The van der Waals surface area contributed by atoms with E-state index in [4.69, 9.17) is 14.2 Å². The predicted octanol–water partition coefficient (Wildman–Crippen LogP) is 5.56. The second-order valence-corrected chi connectivity index (χ2v) is 9.94. The normalized spacial score (nSPS) is 24.9. The van der Waals surface area contributed by atoms with Crippen LogP contribution in [0.2, 0.25) is 0 Å². The van der Waals surface area contributed by atoms with Gasteiger partial charge >= 0.3 is 0 Å². The van der Waals surface area contributed by atoms with Crippen molar-refractivity contribution in [2.75, 3.05) is 38.3 Å². The van der Waals surface area contributed by atoms with E-state index in [2.05, 4.69) is 60.0 Å². The highest BCUT2D eigenvalue weighted by Gasteiger charge is 2.34. The summed E-state index contributed by atoms with van der Waals surface area (Å²) in [6, 6.07) is 13.6. The summed E-state index contributed by atoms with van der Waals surface area (Å²) in [6.07, 6.45) is 7.20. The molecule has 0 aliphatic carbocycles. The van der Waals surface area contributed by atoms with Gasteiger partial charge in [0, 0.05) is 36.4 Å². The molecule has 0 radical (unpaired) electrons. The first kappa shape index (κ1) is 22.5. The summed E-state index contributed by atoms with van der Waals surface area (Å²) in [5, 5.41) is 0. The van der Waals surface area contributed by atoms with E-state index < -0.39 is 0 Å². The number of nitrogens with zero attached hydrogens (tertiary/aromatic N) is 2. The van der Waals surface area contributed by atoms with Crippen LogP contribution in [-0.4, -0.2) is 56.5 Å². The van der Waals surface area contributed by atoms with Crippen LogP contribution in [0, 0.1) is 0 Å². The molecule has 0 spiro atoms. The monoisotopic (exact) mass is 450 g/mol. The molecule has 5 rings (SSSR count). The Kier molecular flexibility index (Phi) is 6.79. The molecule has 3 heterocycles. The fraction of sp³-hybridized carbons (Fsp3) is 0.571. The van der Waals surface area contributed by atoms with Crippen LogP contribution in [-0.2, 0) is 11.2 Å². The summed E-state index contributed by atoms with van der Waals surface area (Å²) in [7, 11) is 1.75. The first-order valence-corrected chi connectivity index (χ1v) is 12.7. The van der Waals surface area contributed by atoms with Crippen LogP contribution in [0.1, 0.15) is 57.1 Å². The number of fused-ring (bicyclic) bond motifs is 2. The molecule has 2 saturated heterocycles. The Balaban J connectivity index is 1.42. The lowest BCUT2D eigenvalue weighted by Gasteiger charge is -2.44. The number of methoxy groups -OCH3 is 1. The Labute approximate surface area is 198 Å². The largest absolute Gasteiger partial charge is 0.493 e. The Bertz CT molecular complexity index is 946. The quantitative estimate of drug-likeness (QED) is 0.516. The van der Waals surface area contributed by atoms with Crippen molar-refractivity contribution in [1.29, 1.82) is 0 Å². The topological polar surface area (TPSA) is 34.2 Å². The van der Waals surface area contributed by atoms with Crippen molar-refractivity contribution < 1.29 is 14.2 Å². The van der Waals surface area contributed by atoms with Gasteiger partial charge in [0.1, 0.15) is 0 Å². The number of para-hydroxylation sites is 1. The lowest BCUT2D eigenvalue weighted by atomic mass is 9.90. The average Bonchev–Trinajstić information content (AvgIpc) is 3.32. The van der Waals surface area contributed by atoms with Crippen molar-refractivity contribution in [2.24, 2.45) is 0 Å². The standard InChI is InChI=1S/C28H38N2O3/c1-20-15-24(16-21(2)33-20)30-25-10-5-4-9-22(25)17-23-18-27(31-3)28(19-26(23)30)32-14-8-13-29-11-6-7-12-29/h4-5,9-10,18-21,24H,6-8,11-17H2,1-3H3. The number of anilines is 2. The SMILES string of the molecule is COc1cc2c(cc1OCCCN1CCCC1)N(C1CC(C)OC(C)C1)c1ccccc1C2. The second kappa shape index (κ2) is 9.94. The summed E-state index contributed by atoms with van der Waals surface area (Å²) >= 11 is 0. The van der Waals surface area contributed by atoms with Crippen LogP contribution in [0.5, 0.6) is 11.5 Å². The number of likely N-dealkylation sites (tertiary alicyclic amines) is 1. The van der Waals surface area contributed by atoms with Gasteiger partial charge in [-0.1, -0.05) is 18.2 Å². The van der Waals surface area contributed by atoms with Gasteiger partial charge in [0.25, 0.3) is 0 Å². The van der Waals surface area contributed by atoms with Crippen molar-refractivity contribution in [3.05, 3.63) is 47.5 Å². The highest BCUT2D eigenvalue weighted by Crippen LogP contribution is 2.46. The first-order chi connectivity index (χ1) is 16.1. The second-order valence-electron chi connectivity index (χ2n) is 9.94. The fourth-order valence-corrected chi connectivity index (χ4v) is 5.91. The van der Waals surface area contributed by atoms with E-state index in [9.17, 15) is 0 Å². The Hall–Kier alpha value is -2.24. The minimum atomic E-state index is 0.260. The van der Waals surface area contributed by atoms with E-state index in [1.165, 1.54) is 48.4 Å². The molecule has 2 aromatic carbocycles. The molecule has 0 amide bonds. The first-order valence-electron chi connectivity index (χ1n) is 12.7. The molecule has 33 heavy (non-hydrogen) atoms. The van der Waals surface area contributed by atoms with Crippen LogP contribution in [0.4, 0.5) is 11.4 Å². The molecule has 0 saturated carbocycles. The van der Waals surface area contributed by atoms with Gasteiger partial charge in [-0.05, 0) is 82.3 Å². The summed E-state index contributed by atoms with van der Waals surface area (Å²) in [4.78, 5) is 5.10. The lowest BCUT2D eigenvalue weighted by Crippen LogP contribution is -2.43. The van der Waals surface area contributed by atoms with Gasteiger partial charge in [-0.25, -0.2) is 0 Å². The summed E-state index contributed by atoms with van der Waals surface area (Å²) in [5.41, 5.74) is 5.26. The number of hydrogen-bond acceptors (Lipinski definition) is 5. The van der Waals surface area contributed by atoms with E-state index >= 15 is 0 Å². The third kappa shape index (κ3) is 4.85. The fourth-order valence-electron chi connectivity index (χ4n) is 5.91. The molecule has 2 atom stereocenters. The molecule has 5 heteroatoms. The van der Waals surface area contributed by atoms with E-state index in [1.54, 1.807) is 7.11 Å². The number of hydrogen-bond donors (Lipinski definition) is 0. The zero-order valence-electron chi connectivity index (χ0n) is 20.4. The van der Waals surface area contributed by atoms with Gasteiger partial charge in [0.15, 0.2) is 11.5 Å². The smallest absolute Gasteiger partial charge is 0.163 e. The van der Waals surface area contributed by atoms with Gasteiger partial charge in [-0.3, -0.25) is 0 Å². The molecular weight excluding hydrogens is 412 g/mol. The molecule has 3 aliphatic heterocycles. The number of rotatable bonds is 7. The van der Waals surface area contributed by atoms with Crippen LogP contribution in [0.25, 0.3) is 0 Å². The van der Waals surface area contributed by atoms with Gasteiger partial charge in [-0.15, -0.1) is 0 Å². The maximum Gasteiger partial charge on any atom is 0.163 e. The van der Waals surface area contributed by atoms with Gasteiger partial charge in [0.2, 0.25) is 0 Å². The third-order valence-corrected chi connectivity index (χ3v) is 7.37. The van der Waals surface area contributed by atoms with Crippen LogP contribution < -0.4 is 14.4 Å². The van der Waals surface area contributed by atoms with Crippen molar-refractivity contribution in [1.82, 2.24) is 4.90 Å². The van der Waals surface area contributed by atoms with Crippen LogP contribution in [0.15, 0.2) is 36.4 Å². The van der Waals surface area contributed by atoms with E-state index in [1.807, 2.05) is 0 Å². The molecule has 0 N–H and O–H groups in total. The number of ether oxygens (including phenoxy) is 3.